The summed E-state index contributed by atoms with van der Waals surface area (Å²) in [6, 6.07) is 5.50. The molecule has 6 heteroatoms. The molecular weight excluding hydrogens is 270 g/mol. The van der Waals surface area contributed by atoms with Crippen molar-refractivity contribution in [1.82, 2.24) is 14.8 Å². The zero-order chi connectivity index (χ0) is 15.8. The van der Waals surface area contributed by atoms with E-state index in [1.807, 2.05) is 32.0 Å². The van der Waals surface area contributed by atoms with Crippen molar-refractivity contribution in [1.29, 1.82) is 0 Å². The second kappa shape index (κ2) is 8.24. The number of amides is 2. The molecule has 21 heavy (non-hydrogen) atoms. The van der Waals surface area contributed by atoms with Gasteiger partial charge in [0.05, 0.1) is 6.42 Å². The van der Waals surface area contributed by atoms with Crippen LogP contribution in [-0.2, 0) is 11.2 Å². The van der Waals surface area contributed by atoms with Gasteiger partial charge in [0.1, 0.15) is 0 Å². The zero-order valence-corrected chi connectivity index (χ0v) is 12.8. The van der Waals surface area contributed by atoms with E-state index in [1.165, 1.54) is 0 Å². The second-order valence-electron chi connectivity index (χ2n) is 5.21. The molecule has 1 rings (SSSR count). The van der Waals surface area contributed by atoms with Crippen LogP contribution in [0.4, 0.5) is 4.79 Å². The number of carbonyl (C=O) groups excluding carboxylic acids is 1. The topological polar surface area (TPSA) is 73.7 Å². The van der Waals surface area contributed by atoms with Crippen molar-refractivity contribution >= 4 is 12.0 Å². The summed E-state index contributed by atoms with van der Waals surface area (Å²) >= 11 is 0. The minimum Gasteiger partial charge on any atom is -0.481 e. The van der Waals surface area contributed by atoms with Gasteiger partial charge in [-0.2, -0.15) is 0 Å². The first-order valence-corrected chi connectivity index (χ1v) is 7.05. The van der Waals surface area contributed by atoms with Crippen LogP contribution in [0.3, 0.4) is 0 Å². The van der Waals surface area contributed by atoms with E-state index < -0.39 is 5.97 Å². The number of carboxylic acids is 1. The van der Waals surface area contributed by atoms with Gasteiger partial charge in [-0.25, -0.2) is 4.79 Å². The monoisotopic (exact) mass is 293 g/mol. The third-order valence-corrected chi connectivity index (χ3v) is 3.19. The quantitative estimate of drug-likeness (QED) is 0.832. The molecule has 116 valence electrons. The lowest BCUT2D eigenvalue weighted by atomic mass is 10.2. The number of urea groups is 1. The van der Waals surface area contributed by atoms with Crippen molar-refractivity contribution in [2.45, 2.75) is 32.7 Å². The van der Waals surface area contributed by atoms with Crippen LogP contribution in [0.5, 0.6) is 0 Å². The average Bonchev–Trinajstić information content (AvgIpc) is 2.45. The maximum absolute atomic E-state index is 12.4. The Bertz CT molecular complexity index is 462. The standard InChI is InChI=1S/C15H23N3O3/c1-12(2)18(11-8-14(19)20)15(21)17(3)10-7-13-6-4-5-9-16-13/h4-6,9,12H,7-8,10-11H2,1-3H3,(H,19,20). The third-order valence-electron chi connectivity index (χ3n) is 3.19. The van der Waals surface area contributed by atoms with Crippen molar-refractivity contribution < 1.29 is 14.7 Å². The summed E-state index contributed by atoms with van der Waals surface area (Å²) in [5.41, 5.74) is 0.929. The molecule has 1 heterocycles. The van der Waals surface area contributed by atoms with E-state index in [1.54, 1.807) is 23.0 Å². The summed E-state index contributed by atoms with van der Waals surface area (Å²) in [4.78, 5) is 30.4. The van der Waals surface area contributed by atoms with Crippen LogP contribution >= 0.6 is 0 Å². The molecule has 6 nitrogen and oxygen atoms in total. The predicted molar refractivity (Wildman–Crippen MR) is 80.1 cm³/mol. The van der Waals surface area contributed by atoms with Crippen molar-refractivity contribution in [3.63, 3.8) is 0 Å². The van der Waals surface area contributed by atoms with Crippen LogP contribution in [-0.4, -0.2) is 58.1 Å². The van der Waals surface area contributed by atoms with Gasteiger partial charge in [-0.15, -0.1) is 0 Å². The lowest BCUT2D eigenvalue weighted by molar-refractivity contribution is -0.137. The zero-order valence-electron chi connectivity index (χ0n) is 12.8. The number of aromatic nitrogens is 1. The van der Waals surface area contributed by atoms with Crippen LogP contribution in [0.1, 0.15) is 26.0 Å². The van der Waals surface area contributed by atoms with Crippen LogP contribution < -0.4 is 0 Å². The molecule has 0 saturated carbocycles. The van der Waals surface area contributed by atoms with E-state index in [0.717, 1.165) is 5.69 Å². The molecule has 0 saturated heterocycles. The molecule has 1 aromatic heterocycles. The first kappa shape index (κ1) is 16.9. The number of rotatable bonds is 7. The molecule has 0 unspecified atom stereocenters. The van der Waals surface area contributed by atoms with Gasteiger partial charge in [-0.1, -0.05) is 6.07 Å². The van der Waals surface area contributed by atoms with Crippen molar-refractivity contribution in [3.8, 4) is 0 Å². The highest BCUT2D eigenvalue weighted by atomic mass is 16.4. The normalized spacial score (nSPS) is 10.5. The number of carboxylic acid groups (broad SMARTS) is 1. The van der Waals surface area contributed by atoms with E-state index in [9.17, 15) is 9.59 Å². The Morgan fingerprint density at radius 1 is 1.29 bits per heavy atom. The van der Waals surface area contributed by atoms with Gasteiger partial charge in [0, 0.05) is 44.5 Å². The molecule has 1 N–H and O–H groups in total. The Kier molecular flexibility index (Phi) is 6.65. The fraction of sp³-hybridized carbons (Fsp3) is 0.533. The Balaban J connectivity index is 2.55. The molecule has 0 radical (unpaired) electrons. The number of carbonyl (C=O) groups is 2. The van der Waals surface area contributed by atoms with Crippen molar-refractivity contribution in [3.05, 3.63) is 30.1 Å². The number of hydrogen-bond acceptors (Lipinski definition) is 3. The summed E-state index contributed by atoms with van der Waals surface area (Å²) in [6.45, 7) is 4.53. The molecule has 2 amide bonds. The highest BCUT2D eigenvalue weighted by Gasteiger charge is 2.21. The first-order valence-electron chi connectivity index (χ1n) is 7.05. The van der Waals surface area contributed by atoms with Gasteiger partial charge in [-0.3, -0.25) is 9.78 Å². The summed E-state index contributed by atoms with van der Waals surface area (Å²) < 4.78 is 0. The molecule has 0 bridgehead atoms. The summed E-state index contributed by atoms with van der Waals surface area (Å²) in [7, 11) is 1.72. The van der Waals surface area contributed by atoms with Crippen LogP contribution in [0.25, 0.3) is 0 Å². The van der Waals surface area contributed by atoms with Crippen molar-refractivity contribution in [2.75, 3.05) is 20.1 Å². The molecular formula is C15H23N3O3. The highest BCUT2D eigenvalue weighted by molar-refractivity contribution is 5.75. The SMILES string of the molecule is CC(C)N(CCC(=O)O)C(=O)N(C)CCc1ccccn1. The van der Waals surface area contributed by atoms with Crippen LogP contribution in [0.2, 0.25) is 0 Å². The summed E-state index contributed by atoms with van der Waals surface area (Å²) in [5, 5.41) is 8.76. The van der Waals surface area contributed by atoms with E-state index in [0.29, 0.717) is 13.0 Å². The molecule has 0 aliphatic heterocycles. The van der Waals surface area contributed by atoms with Gasteiger partial charge >= 0.3 is 12.0 Å². The fourth-order valence-electron chi connectivity index (χ4n) is 1.93. The molecule has 0 spiro atoms. The van der Waals surface area contributed by atoms with Crippen LogP contribution in [0, 0.1) is 0 Å². The number of likely N-dealkylation sites (N-methyl/N-ethyl adjacent to an activating group) is 1. The van der Waals surface area contributed by atoms with Gasteiger partial charge in [0.15, 0.2) is 0 Å². The summed E-state index contributed by atoms with van der Waals surface area (Å²) in [6.07, 6.45) is 2.36. The lowest BCUT2D eigenvalue weighted by Crippen LogP contribution is -2.46. The molecule has 0 aliphatic carbocycles. The predicted octanol–water partition coefficient (Wildman–Crippen LogP) is 1.86. The molecule has 0 aliphatic rings. The minimum atomic E-state index is -0.899. The lowest BCUT2D eigenvalue weighted by Gasteiger charge is -2.31. The van der Waals surface area contributed by atoms with E-state index >= 15 is 0 Å². The van der Waals surface area contributed by atoms with Crippen molar-refractivity contribution in [2.24, 2.45) is 0 Å². The van der Waals surface area contributed by atoms with E-state index in [4.69, 9.17) is 5.11 Å². The number of aliphatic carboxylic acids is 1. The maximum Gasteiger partial charge on any atom is 0.319 e. The Morgan fingerprint density at radius 2 is 2.00 bits per heavy atom. The van der Waals surface area contributed by atoms with E-state index in [2.05, 4.69) is 4.98 Å². The largest absolute Gasteiger partial charge is 0.481 e. The minimum absolute atomic E-state index is 0.0332. The third kappa shape index (κ3) is 5.81. The maximum atomic E-state index is 12.4. The average molecular weight is 293 g/mol. The Morgan fingerprint density at radius 3 is 2.52 bits per heavy atom. The number of hydrogen-bond donors (Lipinski definition) is 1. The van der Waals surface area contributed by atoms with E-state index in [-0.39, 0.29) is 25.0 Å². The van der Waals surface area contributed by atoms with Gasteiger partial charge in [0.25, 0.3) is 0 Å². The summed E-state index contributed by atoms with van der Waals surface area (Å²) in [5.74, 6) is -0.899. The smallest absolute Gasteiger partial charge is 0.319 e. The molecule has 0 atom stereocenters. The number of pyridine rings is 1. The Hall–Kier alpha value is -2.11. The second-order valence-corrected chi connectivity index (χ2v) is 5.21. The molecule has 0 fully saturated rings. The van der Waals surface area contributed by atoms with Gasteiger partial charge in [-0.05, 0) is 26.0 Å². The first-order chi connectivity index (χ1) is 9.91. The number of nitrogens with zero attached hydrogens (tertiary/aromatic N) is 3. The molecule has 1 aromatic rings. The van der Waals surface area contributed by atoms with Crippen LogP contribution in [0.15, 0.2) is 24.4 Å². The Labute approximate surface area is 125 Å². The molecule has 0 aromatic carbocycles. The van der Waals surface area contributed by atoms with Gasteiger partial charge in [0.2, 0.25) is 0 Å². The van der Waals surface area contributed by atoms with Gasteiger partial charge < -0.3 is 14.9 Å². The fourth-order valence-corrected chi connectivity index (χ4v) is 1.93. The highest BCUT2D eigenvalue weighted by Crippen LogP contribution is 2.06.